The zero-order chi connectivity index (χ0) is 17.4. The molecule has 0 bridgehead atoms. The Labute approximate surface area is 134 Å². The number of aliphatic hydroxyl groups is 2. The van der Waals surface area contributed by atoms with Crippen molar-refractivity contribution < 1.29 is 24.6 Å². The number of rotatable bonds is 5. The Morgan fingerprint density at radius 3 is 2.30 bits per heavy atom. The molecule has 0 aromatic carbocycles. The monoisotopic (exact) mass is 328 g/mol. The zero-order valence-corrected chi connectivity index (χ0v) is 13.1. The molecule has 0 aliphatic carbocycles. The van der Waals surface area contributed by atoms with E-state index < -0.39 is 36.1 Å². The second-order valence-electron chi connectivity index (χ2n) is 6.41. The summed E-state index contributed by atoms with van der Waals surface area (Å²) in [6.07, 6.45) is 0.00904. The fourth-order valence-corrected chi connectivity index (χ4v) is 3.22. The summed E-state index contributed by atoms with van der Waals surface area (Å²) in [5.74, 6) is -1.27. The fourth-order valence-electron chi connectivity index (χ4n) is 3.22. The van der Waals surface area contributed by atoms with E-state index in [1.165, 1.54) is 11.8 Å². The number of aliphatic hydroxyl groups excluding tert-OH is 2. The van der Waals surface area contributed by atoms with Gasteiger partial charge in [-0.25, -0.2) is 0 Å². The van der Waals surface area contributed by atoms with Crippen LogP contribution in [0.3, 0.4) is 0 Å². The van der Waals surface area contributed by atoms with Gasteiger partial charge in [-0.15, -0.1) is 0 Å². The number of primary amides is 1. The van der Waals surface area contributed by atoms with Crippen molar-refractivity contribution in [1.82, 2.24) is 9.80 Å². The van der Waals surface area contributed by atoms with Gasteiger partial charge < -0.3 is 31.5 Å². The van der Waals surface area contributed by atoms with Crippen LogP contribution in [0.15, 0.2) is 0 Å². The number of likely N-dealkylation sites (tertiary alicyclic amines) is 2. The standard InChI is InChI=1S/C14H24N4O5/c1-8(20)10(15)12(22)17-4-2-14(3-5-17)7-18(13(14)23)9(6-19)11(16)21/h8-10,19-20H,2-7,15H2,1H3,(H2,16,21)/t8-,9+,10+/m1/s1. The van der Waals surface area contributed by atoms with Gasteiger partial charge >= 0.3 is 0 Å². The zero-order valence-electron chi connectivity index (χ0n) is 13.1. The molecule has 0 radical (unpaired) electrons. The molecule has 2 rings (SSSR count). The van der Waals surface area contributed by atoms with Gasteiger partial charge in [0.25, 0.3) is 0 Å². The third kappa shape index (κ3) is 3.04. The first-order chi connectivity index (χ1) is 10.7. The molecule has 23 heavy (non-hydrogen) atoms. The molecule has 2 aliphatic rings. The highest BCUT2D eigenvalue weighted by Gasteiger charge is 2.56. The van der Waals surface area contributed by atoms with Crippen LogP contribution in [-0.2, 0) is 14.4 Å². The molecule has 2 fully saturated rings. The lowest BCUT2D eigenvalue weighted by atomic mass is 9.70. The molecule has 0 aromatic heterocycles. The van der Waals surface area contributed by atoms with Crippen LogP contribution in [0.2, 0.25) is 0 Å². The summed E-state index contributed by atoms with van der Waals surface area (Å²) in [5, 5.41) is 18.6. The summed E-state index contributed by atoms with van der Waals surface area (Å²) in [7, 11) is 0. The van der Waals surface area contributed by atoms with Gasteiger partial charge in [0, 0.05) is 19.6 Å². The van der Waals surface area contributed by atoms with Crippen LogP contribution in [0.5, 0.6) is 0 Å². The van der Waals surface area contributed by atoms with Crippen molar-refractivity contribution in [3.05, 3.63) is 0 Å². The van der Waals surface area contributed by atoms with Crippen molar-refractivity contribution >= 4 is 17.7 Å². The van der Waals surface area contributed by atoms with Crippen LogP contribution in [-0.4, -0.2) is 82.2 Å². The molecule has 130 valence electrons. The predicted octanol–water partition coefficient (Wildman–Crippen LogP) is -3.01. The lowest BCUT2D eigenvalue weighted by molar-refractivity contribution is -0.175. The van der Waals surface area contributed by atoms with Gasteiger partial charge in [0.2, 0.25) is 17.7 Å². The molecule has 2 aliphatic heterocycles. The highest BCUT2D eigenvalue weighted by atomic mass is 16.3. The quantitative estimate of drug-likeness (QED) is 0.395. The molecular weight excluding hydrogens is 304 g/mol. The van der Waals surface area contributed by atoms with Crippen LogP contribution >= 0.6 is 0 Å². The summed E-state index contributed by atoms with van der Waals surface area (Å²) in [4.78, 5) is 38.6. The van der Waals surface area contributed by atoms with E-state index in [2.05, 4.69) is 0 Å². The Kier molecular flexibility index (Phi) is 4.92. The normalized spacial score (nSPS) is 24.1. The molecule has 0 aromatic rings. The smallest absolute Gasteiger partial charge is 0.242 e. The van der Waals surface area contributed by atoms with Crippen LogP contribution in [0.1, 0.15) is 19.8 Å². The Morgan fingerprint density at radius 1 is 1.35 bits per heavy atom. The van der Waals surface area contributed by atoms with Gasteiger partial charge in [-0.05, 0) is 19.8 Å². The Balaban J connectivity index is 1.94. The van der Waals surface area contributed by atoms with Crippen molar-refractivity contribution in [3.63, 3.8) is 0 Å². The minimum atomic E-state index is -0.989. The van der Waals surface area contributed by atoms with Crippen molar-refractivity contribution in [2.75, 3.05) is 26.2 Å². The first kappa shape index (κ1) is 17.6. The molecule has 0 saturated carbocycles. The Morgan fingerprint density at radius 2 is 1.91 bits per heavy atom. The molecule has 3 amide bonds. The topological polar surface area (TPSA) is 150 Å². The van der Waals surface area contributed by atoms with Gasteiger partial charge in [0.1, 0.15) is 12.1 Å². The van der Waals surface area contributed by atoms with Gasteiger partial charge in [-0.2, -0.15) is 0 Å². The third-order valence-corrected chi connectivity index (χ3v) is 4.90. The van der Waals surface area contributed by atoms with E-state index in [0.29, 0.717) is 32.5 Å². The van der Waals surface area contributed by atoms with Gasteiger partial charge in [0.15, 0.2) is 0 Å². The second kappa shape index (κ2) is 6.42. The van der Waals surface area contributed by atoms with E-state index in [0.717, 1.165) is 0 Å². The lowest BCUT2D eigenvalue weighted by Crippen LogP contribution is -2.70. The summed E-state index contributed by atoms with van der Waals surface area (Å²) >= 11 is 0. The first-order valence-corrected chi connectivity index (χ1v) is 7.67. The van der Waals surface area contributed by atoms with Gasteiger partial charge in [0.05, 0.1) is 18.1 Å². The average Bonchev–Trinajstić information content (AvgIpc) is 2.53. The van der Waals surface area contributed by atoms with Crippen molar-refractivity contribution in [2.24, 2.45) is 16.9 Å². The maximum atomic E-state index is 12.4. The highest BCUT2D eigenvalue weighted by molar-refractivity contribution is 5.94. The molecule has 3 atom stereocenters. The predicted molar refractivity (Wildman–Crippen MR) is 79.7 cm³/mol. The lowest BCUT2D eigenvalue weighted by Gasteiger charge is -2.54. The largest absolute Gasteiger partial charge is 0.394 e. The van der Waals surface area contributed by atoms with Crippen molar-refractivity contribution in [3.8, 4) is 0 Å². The summed E-state index contributed by atoms with van der Waals surface area (Å²) in [6, 6.07) is -1.96. The molecule has 0 unspecified atom stereocenters. The molecule has 6 N–H and O–H groups in total. The number of nitrogens with zero attached hydrogens (tertiary/aromatic N) is 2. The van der Waals surface area contributed by atoms with E-state index in [-0.39, 0.29) is 11.8 Å². The summed E-state index contributed by atoms with van der Waals surface area (Å²) in [6.45, 7) is 2.06. The van der Waals surface area contributed by atoms with E-state index in [9.17, 15) is 24.6 Å². The number of hydrogen-bond donors (Lipinski definition) is 4. The van der Waals surface area contributed by atoms with Crippen LogP contribution in [0, 0.1) is 5.41 Å². The van der Waals surface area contributed by atoms with E-state index >= 15 is 0 Å². The number of nitrogens with two attached hydrogens (primary N) is 2. The van der Waals surface area contributed by atoms with Gasteiger partial charge in [-0.3, -0.25) is 14.4 Å². The third-order valence-electron chi connectivity index (χ3n) is 4.90. The second-order valence-corrected chi connectivity index (χ2v) is 6.41. The molecule has 2 heterocycles. The number of β-lactam (4-membered cyclic amide) rings is 1. The number of hydrogen-bond acceptors (Lipinski definition) is 6. The maximum absolute atomic E-state index is 12.4. The molecule has 9 heteroatoms. The number of piperidine rings is 1. The summed E-state index contributed by atoms with van der Waals surface area (Å²) in [5.41, 5.74) is 10.2. The van der Waals surface area contributed by atoms with Crippen molar-refractivity contribution in [2.45, 2.75) is 38.0 Å². The number of carbonyl (C=O) groups excluding carboxylic acids is 3. The fraction of sp³-hybridized carbons (Fsp3) is 0.786. The minimum absolute atomic E-state index is 0.206. The molecule has 1 spiro atoms. The van der Waals surface area contributed by atoms with Crippen molar-refractivity contribution in [1.29, 1.82) is 0 Å². The van der Waals surface area contributed by atoms with Crippen LogP contribution < -0.4 is 11.5 Å². The van der Waals surface area contributed by atoms with E-state index in [1.54, 1.807) is 4.90 Å². The summed E-state index contributed by atoms with van der Waals surface area (Å²) < 4.78 is 0. The van der Waals surface area contributed by atoms with Crippen LogP contribution in [0.25, 0.3) is 0 Å². The number of carbonyl (C=O) groups is 3. The average molecular weight is 328 g/mol. The highest BCUT2D eigenvalue weighted by Crippen LogP contribution is 2.42. The van der Waals surface area contributed by atoms with Crippen LogP contribution in [0.4, 0.5) is 0 Å². The minimum Gasteiger partial charge on any atom is -0.394 e. The van der Waals surface area contributed by atoms with Gasteiger partial charge in [-0.1, -0.05) is 0 Å². The SMILES string of the molecule is C[C@@H](O)[C@H](N)C(=O)N1CCC2(CC1)CN([C@@H](CO)C(N)=O)C2=O. The number of amides is 3. The maximum Gasteiger partial charge on any atom is 0.242 e. The van der Waals surface area contributed by atoms with E-state index in [1.807, 2.05) is 0 Å². The first-order valence-electron chi connectivity index (χ1n) is 7.67. The van der Waals surface area contributed by atoms with E-state index in [4.69, 9.17) is 11.5 Å². The Hall–Kier alpha value is -1.71. The Bertz CT molecular complexity index is 501. The molecule has 2 saturated heterocycles. The molecular formula is C14H24N4O5. The molecule has 9 nitrogen and oxygen atoms in total.